The van der Waals surface area contributed by atoms with Gasteiger partial charge in [-0.3, -0.25) is 19.7 Å². The highest BCUT2D eigenvalue weighted by Crippen LogP contribution is 2.42. The number of oxime groups is 1. The van der Waals surface area contributed by atoms with Crippen molar-refractivity contribution in [3.8, 4) is 0 Å². The van der Waals surface area contributed by atoms with Gasteiger partial charge in [-0.15, -0.1) is 0 Å². The Balaban J connectivity index is 1.86. The van der Waals surface area contributed by atoms with Crippen LogP contribution in [0.1, 0.15) is 85.0 Å². The number of likely N-dealkylation sites (N-methyl/N-ethyl adjacent to an activating group) is 1. The number of alkyl carbamates (subject to hydrolysis) is 1. The van der Waals surface area contributed by atoms with Crippen LogP contribution < -0.4 is 5.32 Å². The Morgan fingerprint density at radius 3 is 2.26 bits per heavy atom. The van der Waals surface area contributed by atoms with E-state index in [1.807, 2.05) is 11.8 Å². The maximum absolute atomic E-state index is 14.4. The second-order valence-corrected chi connectivity index (χ2v) is 15.4. The lowest BCUT2D eigenvalue weighted by Gasteiger charge is -2.47. The van der Waals surface area contributed by atoms with Crippen LogP contribution in [0.4, 0.5) is 9.59 Å². The van der Waals surface area contributed by atoms with Gasteiger partial charge < -0.3 is 43.6 Å². The molecular formula is C38H55N3O13. The molecule has 1 aromatic rings. The molecule has 0 aliphatic carbocycles. The Kier molecular flexibility index (Phi) is 13.5. The number of benzene rings is 1. The van der Waals surface area contributed by atoms with Crippen LogP contribution in [0.3, 0.4) is 0 Å². The maximum atomic E-state index is 14.4. The molecule has 3 fully saturated rings. The number of imide groups is 1. The predicted molar refractivity (Wildman–Crippen MR) is 192 cm³/mol. The Labute approximate surface area is 315 Å². The highest BCUT2D eigenvalue weighted by molar-refractivity contribution is 6.03. The second-order valence-electron chi connectivity index (χ2n) is 15.4. The Bertz CT molecular complexity index is 1570. The van der Waals surface area contributed by atoms with Crippen LogP contribution in [-0.2, 0) is 38.0 Å². The van der Waals surface area contributed by atoms with Crippen molar-refractivity contribution in [2.45, 2.75) is 129 Å². The number of nitrogens with one attached hydrogen (secondary N) is 1. The average molecular weight is 762 g/mol. The van der Waals surface area contributed by atoms with Crippen molar-refractivity contribution in [2.75, 3.05) is 14.1 Å². The minimum atomic E-state index is -1.87. The highest BCUT2D eigenvalue weighted by atomic mass is 16.8. The van der Waals surface area contributed by atoms with Crippen molar-refractivity contribution in [1.82, 2.24) is 10.2 Å². The summed E-state index contributed by atoms with van der Waals surface area (Å²) in [7, 11) is 3.59. The lowest BCUT2D eigenvalue weighted by Crippen LogP contribution is -2.60. The van der Waals surface area contributed by atoms with Gasteiger partial charge in [0.1, 0.15) is 29.8 Å². The van der Waals surface area contributed by atoms with E-state index in [4.69, 9.17) is 28.4 Å². The number of hydrogen-bond acceptors (Lipinski definition) is 15. The summed E-state index contributed by atoms with van der Waals surface area (Å²) in [4.78, 5) is 69.3. The SMILES string of the molecule is CC[C@H]1OC(=O)[C@H](C)C(=O)[C@H](C)[C@@H](O[C@@H]2O[C@H](C)C[C@H](N(C)C)[C@H]2O)[C@](C)(OC(=O)NC(=O)c2ccccc2)C[C@@H](C)/C(=N\O)[C@H](C)[C@@H]2OC(=O)O[C@]12C. The zero-order valence-electron chi connectivity index (χ0n) is 32.6. The molecule has 4 rings (SSSR count). The van der Waals surface area contributed by atoms with Gasteiger partial charge in [0.05, 0.1) is 11.8 Å². The zero-order chi connectivity index (χ0) is 40.3. The van der Waals surface area contributed by atoms with Gasteiger partial charge in [0, 0.05) is 29.4 Å². The fourth-order valence-corrected chi connectivity index (χ4v) is 8.14. The van der Waals surface area contributed by atoms with Crippen molar-refractivity contribution < 1.29 is 62.7 Å². The molecule has 2 amide bonds. The highest BCUT2D eigenvalue weighted by Gasteiger charge is 2.59. The topological polar surface area (TPSA) is 209 Å². The minimum Gasteiger partial charge on any atom is -0.457 e. The van der Waals surface area contributed by atoms with Crippen molar-refractivity contribution in [2.24, 2.45) is 28.8 Å². The molecular weight excluding hydrogens is 706 g/mol. The molecule has 3 heterocycles. The number of nitrogens with zero attached hydrogens (tertiary/aromatic N) is 2. The number of carbonyl (C=O) groups is 5. The van der Waals surface area contributed by atoms with Gasteiger partial charge in [-0.25, -0.2) is 9.59 Å². The van der Waals surface area contributed by atoms with Gasteiger partial charge in [0.2, 0.25) is 0 Å². The molecule has 0 spiro atoms. The Morgan fingerprint density at radius 2 is 1.67 bits per heavy atom. The molecule has 0 unspecified atom stereocenters. The number of Topliss-reactive ketones (excluding diaryl/α,β-unsaturated/α-hetero) is 1. The van der Waals surface area contributed by atoms with E-state index in [-0.39, 0.29) is 24.1 Å². The largest absolute Gasteiger partial charge is 0.509 e. The first-order valence-electron chi connectivity index (χ1n) is 18.4. The predicted octanol–water partition coefficient (Wildman–Crippen LogP) is 4.09. The van der Waals surface area contributed by atoms with Crippen molar-refractivity contribution >= 4 is 35.6 Å². The summed E-state index contributed by atoms with van der Waals surface area (Å²) >= 11 is 0. The molecule has 0 radical (unpaired) electrons. The molecule has 3 aliphatic rings. The normalized spacial score (nSPS) is 38.8. The van der Waals surface area contributed by atoms with E-state index in [9.17, 15) is 34.3 Å². The summed E-state index contributed by atoms with van der Waals surface area (Å²) in [5.41, 5.74) is -3.14. The zero-order valence-corrected chi connectivity index (χ0v) is 32.6. The van der Waals surface area contributed by atoms with E-state index in [2.05, 4.69) is 10.5 Å². The summed E-state index contributed by atoms with van der Waals surface area (Å²) < 4.78 is 35.9. The van der Waals surface area contributed by atoms with Gasteiger partial charge in [0.15, 0.2) is 23.8 Å². The summed E-state index contributed by atoms with van der Waals surface area (Å²) in [6, 6.07) is 7.55. The number of rotatable bonds is 6. The number of ketones is 1. The lowest BCUT2D eigenvalue weighted by atomic mass is 9.74. The molecule has 13 atom stereocenters. The fourth-order valence-electron chi connectivity index (χ4n) is 8.14. The van der Waals surface area contributed by atoms with Gasteiger partial charge in [-0.1, -0.05) is 51.0 Å². The molecule has 300 valence electrons. The standard InChI is InChI=1S/C38H55N3O13/c1-11-26-38(8)31(52-36(47)54-38)21(4)27(40-48)19(2)18-37(7,53-35(46)39-32(44)24-15-13-12-14-16-24)30(22(5)28(42)23(6)33(45)50-26)51-34-29(43)25(41(9)10)17-20(3)49-34/h12-16,19-23,25-26,29-31,34,43,48H,11,17-18H2,1-10H3,(H,39,44,46)/b40-27+/t19-,20-,21+,22+,23-,25+,26-,29-,30-,31+,34+,37-,38-/m1/s1. The molecule has 3 saturated heterocycles. The second kappa shape index (κ2) is 17.1. The molecule has 16 heteroatoms. The molecule has 54 heavy (non-hydrogen) atoms. The van der Waals surface area contributed by atoms with Crippen LogP contribution >= 0.6 is 0 Å². The fraction of sp³-hybridized carbons (Fsp3) is 0.684. The van der Waals surface area contributed by atoms with Crippen molar-refractivity contribution in [3.63, 3.8) is 0 Å². The smallest absolute Gasteiger partial charge is 0.457 e. The lowest BCUT2D eigenvalue weighted by molar-refractivity contribution is -0.292. The van der Waals surface area contributed by atoms with Crippen LogP contribution in [0.5, 0.6) is 0 Å². The first-order valence-corrected chi connectivity index (χ1v) is 18.4. The van der Waals surface area contributed by atoms with E-state index in [1.54, 1.807) is 60.0 Å². The van der Waals surface area contributed by atoms with Gasteiger partial charge >= 0.3 is 18.2 Å². The van der Waals surface area contributed by atoms with Crippen LogP contribution in [-0.4, -0.2) is 119 Å². The number of amides is 2. The van der Waals surface area contributed by atoms with E-state index >= 15 is 0 Å². The summed E-state index contributed by atoms with van der Waals surface area (Å²) in [5.74, 6) is -6.61. The molecule has 0 aromatic heterocycles. The van der Waals surface area contributed by atoms with Crippen LogP contribution in [0.15, 0.2) is 35.5 Å². The maximum Gasteiger partial charge on any atom is 0.509 e. The molecule has 16 nitrogen and oxygen atoms in total. The number of fused-ring (bicyclic) bond motifs is 1. The molecule has 3 aliphatic heterocycles. The number of aliphatic hydroxyl groups excluding tert-OH is 1. The van der Waals surface area contributed by atoms with Gasteiger partial charge in [0.25, 0.3) is 5.91 Å². The molecule has 3 N–H and O–H groups in total. The monoisotopic (exact) mass is 761 g/mol. The first-order chi connectivity index (χ1) is 25.3. The number of ether oxygens (including phenoxy) is 6. The van der Waals surface area contributed by atoms with Crippen LogP contribution in [0.2, 0.25) is 0 Å². The molecule has 0 bridgehead atoms. The Hall–Kier alpha value is -4.12. The quantitative estimate of drug-likeness (QED) is 0.123. The Morgan fingerprint density at radius 1 is 1.02 bits per heavy atom. The average Bonchev–Trinajstić information content (AvgIpc) is 3.43. The van der Waals surface area contributed by atoms with E-state index in [0.29, 0.717) is 6.42 Å². The third-order valence-corrected chi connectivity index (χ3v) is 11.0. The number of esters is 1. The molecule has 0 saturated carbocycles. The number of carbonyl (C=O) groups excluding carboxylic acids is 5. The van der Waals surface area contributed by atoms with Crippen molar-refractivity contribution in [1.29, 1.82) is 0 Å². The van der Waals surface area contributed by atoms with E-state index in [1.165, 1.54) is 32.9 Å². The summed E-state index contributed by atoms with van der Waals surface area (Å²) in [6.45, 7) is 12.8. The minimum absolute atomic E-state index is 0.0969. The third-order valence-electron chi connectivity index (χ3n) is 11.0. The van der Waals surface area contributed by atoms with Crippen LogP contribution in [0.25, 0.3) is 0 Å². The van der Waals surface area contributed by atoms with E-state index < -0.39 is 108 Å². The number of aliphatic hydroxyl groups is 1. The first kappa shape index (κ1) is 42.6. The molecule has 1 aromatic carbocycles. The number of cyclic esters (lactones) is 1. The van der Waals surface area contributed by atoms with Crippen LogP contribution in [0, 0.1) is 23.7 Å². The summed E-state index contributed by atoms with van der Waals surface area (Å²) in [5, 5.41) is 27.8. The number of hydrogen-bond donors (Lipinski definition) is 3. The van der Waals surface area contributed by atoms with Gasteiger partial charge in [-0.2, -0.15) is 0 Å². The van der Waals surface area contributed by atoms with Gasteiger partial charge in [-0.05, 0) is 73.2 Å². The van der Waals surface area contributed by atoms with E-state index in [0.717, 1.165) is 0 Å². The summed E-state index contributed by atoms with van der Waals surface area (Å²) in [6.07, 6.45) is -8.33. The van der Waals surface area contributed by atoms with Crippen molar-refractivity contribution in [3.05, 3.63) is 35.9 Å². The third kappa shape index (κ3) is 8.88.